The molecule has 0 N–H and O–H groups in total. The van der Waals surface area contributed by atoms with Crippen molar-refractivity contribution in [1.82, 2.24) is 10.1 Å². The molecular formula is C32H29F3N2O6. The molecule has 4 aromatic rings. The van der Waals surface area contributed by atoms with Gasteiger partial charge < -0.3 is 18.7 Å². The second kappa shape index (κ2) is 13.0. The molecule has 2 amide bonds. The molecular weight excluding hydrogens is 565 g/mol. The maximum Gasteiger partial charge on any atom is 0.416 e. The Morgan fingerprint density at radius 3 is 2.35 bits per heavy atom. The Morgan fingerprint density at radius 1 is 1.00 bits per heavy atom. The number of amides is 2. The number of ether oxygens (including phenoxy) is 3. The van der Waals surface area contributed by atoms with Gasteiger partial charge in [0.1, 0.15) is 37.1 Å². The predicted octanol–water partition coefficient (Wildman–Crippen LogP) is 6.65. The van der Waals surface area contributed by atoms with Crippen LogP contribution in [0.15, 0.2) is 95.7 Å². The lowest BCUT2D eigenvalue weighted by Crippen LogP contribution is -2.40. The van der Waals surface area contributed by atoms with Crippen LogP contribution in [0.5, 0.6) is 11.5 Å². The van der Waals surface area contributed by atoms with E-state index in [4.69, 9.17) is 18.7 Å². The van der Waals surface area contributed by atoms with E-state index in [-0.39, 0.29) is 25.5 Å². The molecule has 1 aliphatic heterocycles. The van der Waals surface area contributed by atoms with Crippen LogP contribution in [0.2, 0.25) is 0 Å². The first-order valence-corrected chi connectivity index (χ1v) is 13.7. The number of hydrogen-bond donors (Lipinski definition) is 0. The minimum Gasteiger partial charge on any atom is -0.490 e. The lowest BCUT2D eigenvalue weighted by atomic mass is 9.91. The largest absolute Gasteiger partial charge is 0.490 e. The molecule has 0 bridgehead atoms. The second-order valence-corrected chi connectivity index (χ2v) is 10.2. The van der Waals surface area contributed by atoms with E-state index in [1.165, 1.54) is 23.3 Å². The van der Waals surface area contributed by atoms with Crippen molar-refractivity contribution in [2.24, 2.45) is 0 Å². The summed E-state index contributed by atoms with van der Waals surface area (Å²) >= 11 is 0. The summed E-state index contributed by atoms with van der Waals surface area (Å²) in [6, 6.07) is 22.4. The van der Waals surface area contributed by atoms with Gasteiger partial charge in [0.2, 0.25) is 5.91 Å². The summed E-state index contributed by atoms with van der Waals surface area (Å²) in [5.74, 6) is -0.0469. The SMILES string of the molecule is CC(COc1ccc([C@H](CC(=O)N2C(=O)OC[C@@H]2Cc2ccccc2)c2ccon2)cc1)Oc1ccc(C(F)(F)F)cc1. The molecule has 1 aliphatic rings. The van der Waals surface area contributed by atoms with Crippen LogP contribution in [0.25, 0.3) is 0 Å². The van der Waals surface area contributed by atoms with Crippen LogP contribution in [-0.2, 0) is 22.1 Å². The van der Waals surface area contributed by atoms with Crippen molar-refractivity contribution in [2.45, 2.75) is 44.0 Å². The first-order chi connectivity index (χ1) is 20.7. The molecule has 1 fully saturated rings. The molecule has 1 saturated heterocycles. The van der Waals surface area contributed by atoms with Crippen molar-refractivity contribution in [3.05, 3.63) is 114 Å². The number of hydrogen-bond acceptors (Lipinski definition) is 7. The van der Waals surface area contributed by atoms with Crippen molar-refractivity contribution in [1.29, 1.82) is 0 Å². The Morgan fingerprint density at radius 2 is 1.70 bits per heavy atom. The molecule has 8 nitrogen and oxygen atoms in total. The zero-order valence-corrected chi connectivity index (χ0v) is 23.2. The molecule has 3 aromatic carbocycles. The Bertz CT molecular complexity index is 1490. The van der Waals surface area contributed by atoms with Gasteiger partial charge in [0.05, 0.1) is 17.3 Å². The van der Waals surface area contributed by atoms with E-state index in [2.05, 4.69) is 5.16 Å². The molecule has 224 valence electrons. The fourth-order valence-electron chi connectivity index (χ4n) is 4.87. The van der Waals surface area contributed by atoms with Gasteiger partial charge in [-0.1, -0.05) is 47.6 Å². The summed E-state index contributed by atoms with van der Waals surface area (Å²) in [6.45, 7) is 2.01. The van der Waals surface area contributed by atoms with E-state index in [0.29, 0.717) is 23.6 Å². The molecule has 0 radical (unpaired) electrons. The van der Waals surface area contributed by atoms with Crippen LogP contribution < -0.4 is 9.47 Å². The monoisotopic (exact) mass is 594 g/mol. The Kier molecular flexibility index (Phi) is 8.98. The second-order valence-electron chi connectivity index (χ2n) is 10.2. The van der Waals surface area contributed by atoms with Crippen LogP contribution in [0.3, 0.4) is 0 Å². The average molecular weight is 595 g/mol. The summed E-state index contributed by atoms with van der Waals surface area (Å²) in [5, 5.41) is 4.05. The minimum atomic E-state index is -4.41. The smallest absolute Gasteiger partial charge is 0.416 e. The van der Waals surface area contributed by atoms with Gasteiger partial charge in [0, 0.05) is 18.4 Å². The van der Waals surface area contributed by atoms with E-state index in [1.807, 2.05) is 30.3 Å². The third-order valence-corrected chi connectivity index (χ3v) is 7.02. The third kappa shape index (κ3) is 7.54. The van der Waals surface area contributed by atoms with E-state index in [9.17, 15) is 22.8 Å². The summed E-state index contributed by atoms with van der Waals surface area (Å²) in [5.41, 5.74) is 1.54. The summed E-state index contributed by atoms with van der Waals surface area (Å²) in [6.07, 6.45) is -3.65. The number of benzene rings is 3. The highest BCUT2D eigenvalue weighted by atomic mass is 19.4. The third-order valence-electron chi connectivity index (χ3n) is 7.02. The van der Waals surface area contributed by atoms with Crippen LogP contribution in [0, 0.1) is 0 Å². The number of carbonyl (C=O) groups excluding carboxylic acids is 2. The van der Waals surface area contributed by atoms with Crippen molar-refractivity contribution in [3.63, 3.8) is 0 Å². The van der Waals surface area contributed by atoms with E-state index in [0.717, 1.165) is 23.3 Å². The Hall–Kier alpha value is -4.80. The fraction of sp³-hybridized carbons (Fsp3) is 0.281. The first-order valence-electron chi connectivity index (χ1n) is 13.7. The van der Waals surface area contributed by atoms with Gasteiger partial charge >= 0.3 is 12.3 Å². The minimum absolute atomic E-state index is 0.0366. The van der Waals surface area contributed by atoms with E-state index < -0.39 is 35.9 Å². The van der Waals surface area contributed by atoms with Gasteiger partial charge in [-0.3, -0.25) is 4.79 Å². The highest BCUT2D eigenvalue weighted by Crippen LogP contribution is 2.32. The quantitative estimate of drug-likeness (QED) is 0.192. The number of cyclic esters (lactones) is 1. The maximum atomic E-state index is 13.5. The number of aromatic nitrogens is 1. The van der Waals surface area contributed by atoms with E-state index in [1.54, 1.807) is 37.3 Å². The molecule has 1 aromatic heterocycles. The normalized spacial score (nSPS) is 16.4. The van der Waals surface area contributed by atoms with Gasteiger partial charge in [0.25, 0.3) is 0 Å². The number of nitrogens with zero attached hydrogens (tertiary/aromatic N) is 2. The Labute approximate surface area is 245 Å². The number of halogens is 3. The van der Waals surface area contributed by atoms with Crippen LogP contribution in [0.1, 0.15) is 41.6 Å². The molecule has 0 spiro atoms. The summed E-state index contributed by atoms with van der Waals surface area (Å²) in [7, 11) is 0. The summed E-state index contributed by atoms with van der Waals surface area (Å²) < 4.78 is 60.1. The highest BCUT2D eigenvalue weighted by Gasteiger charge is 2.39. The maximum absolute atomic E-state index is 13.5. The van der Waals surface area contributed by atoms with Gasteiger partial charge in [-0.15, -0.1) is 0 Å². The van der Waals surface area contributed by atoms with Crippen LogP contribution in [0.4, 0.5) is 18.0 Å². The van der Waals surface area contributed by atoms with Crippen molar-refractivity contribution < 1.29 is 41.5 Å². The Balaban J connectivity index is 1.21. The van der Waals surface area contributed by atoms with Gasteiger partial charge in [-0.25, -0.2) is 9.69 Å². The van der Waals surface area contributed by atoms with Crippen molar-refractivity contribution >= 4 is 12.0 Å². The zero-order chi connectivity index (χ0) is 30.4. The standard InChI is InChI=1S/C32H29F3N2O6/c1-21(43-27-13-9-24(10-14-27)32(33,34)35)19-40-26-11-7-23(8-12-26)28(29-15-16-42-36-29)18-30(38)37-25(20-41-31(37)39)17-22-5-3-2-4-6-22/h2-16,21,25,28H,17-20H2,1H3/t21?,25-,28-/m0/s1. The molecule has 1 unspecified atom stereocenters. The molecule has 0 aliphatic carbocycles. The zero-order valence-electron chi connectivity index (χ0n) is 23.2. The molecule has 11 heteroatoms. The molecule has 3 atom stereocenters. The van der Waals surface area contributed by atoms with Crippen LogP contribution >= 0.6 is 0 Å². The number of alkyl halides is 3. The molecule has 43 heavy (non-hydrogen) atoms. The number of rotatable bonds is 11. The number of imide groups is 1. The van der Waals surface area contributed by atoms with Gasteiger partial charge in [0.15, 0.2) is 0 Å². The average Bonchev–Trinajstić information content (AvgIpc) is 3.66. The van der Waals surface area contributed by atoms with Gasteiger partial charge in [-0.05, 0) is 60.9 Å². The van der Waals surface area contributed by atoms with Crippen LogP contribution in [-0.4, -0.2) is 47.4 Å². The molecule has 5 rings (SSSR count). The van der Waals surface area contributed by atoms with Crippen molar-refractivity contribution in [2.75, 3.05) is 13.2 Å². The first kappa shape index (κ1) is 29.7. The lowest BCUT2D eigenvalue weighted by molar-refractivity contribution is -0.137. The summed E-state index contributed by atoms with van der Waals surface area (Å²) in [4.78, 5) is 27.2. The fourth-order valence-corrected chi connectivity index (χ4v) is 4.87. The van der Waals surface area contributed by atoms with E-state index >= 15 is 0 Å². The van der Waals surface area contributed by atoms with Crippen molar-refractivity contribution in [3.8, 4) is 11.5 Å². The number of carbonyl (C=O) groups is 2. The predicted molar refractivity (Wildman–Crippen MR) is 149 cm³/mol. The van der Waals surface area contributed by atoms with Gasteiger partial charge in [-0.2, -0.15) is 13.2 Å². The highest BCUT2D eigenvalue weighted by molar-refractivity contribution is 5.94. The molecule has 2 heterocycles. The topological polar surface area (TPSA) is 91.1 Å². The lowest BCUT2D eigenvalue weighted by Gasteiger charge is -2.22. The molecule has 0 saturated carbocycles.